The number of anilines is 2. The largest absolute Gasteiger partial charge is 0.378 e. The molecule has 0 saturated carbocycles. The molecule has 5 nitrogen and oxygen atoms in total. The number of fused-ring (bicyclic) bond motifs is 1. The molecule has 1 aliphatic rings. The molecule has 6 heteroatoms. The van der Waals surface area contributed by atoms with E-state index >= 15 is 0 Å². The molecule has 3 rings (SSSR count). The molecule has 1 aliphatic heterocycles. The van der Waals surface area contributed by atoms with Gasteiger partial charge in [-0.25, -0.2) is 4.98 Å². The summed E-state index contributed by atoms with van der Waals surface area (Å²) in [5.74, 6) is 0.0393. The van der Waals surface area contributed by atoms with Crippen LogP contribution in [0.1, 0.15) is 20.9 Å². The van der Waals surface area contributed by atoms with Crippen LogP contribution < -0.4 is 10.6 Å². The highest BCUT2D eigenvalue weighted by atomic mass is 32.1. The van der Waals surface area contributed by atoms with E-state index in [2.05, 4.69) is 4.98 Å². The molecular weight excluding hydrogens is 272 g/mol. The molecule has 20 heavy (non-hydrogen) atoms. The Hall–Kier alpha value is -2.08. The lowest BCUT2D eigenvalue weighted by Gasteiger charge is -2.17. The first kappa shape index (κ1) is 12.9. The second-order valence-electron chi connectivity index (χ2n) is 5.03. The fourth-order valence-corrected chi connectivity index (χ4v) is 3.16. The Balaban J connectivity index is 1.80. The summed E-state index contributed by atoms with van der Waals surface area (Å²) < 4.78 is 0. The van der Waals surface area contributed by atoms with Gasteiger partial charge in [-0.3, -0.25) is 4.79 Å². The number of nitrogens with zero attached hydrogens (tertiary/aromatic N) is 3. The van der Waals surface area contributed by atoms with Crippen LogP contribution in [0, 0.1) is 0 Å². The van der Waals surface area contributed by atoms with Gasteiger partial charge in [0.25, 0.3) is 5.91 Å². The van der Waals surface area contributed by atoms with Crippen LogP contribution in [0.5, 0.6) is 0 Å². The molecule has 0 aliphatic carbocycles. The minimum atomic E-state index is 0.0393. The van der Waals surface area contributed by atoms with E-state index < -0.39 is 0 Å². The predicted molar refractivity (Wildman–Crippen MR) is 80.9 cm³/mol. The number of aromatic nitrogens is 1. The van der Waals surface area contributed by atoms with Crippen LogP contribution in [0.3, 0.4) is 0 Å². The van der Waals surface area contributed by atoms with Crippen molar-refractivity contribution in [3.05, 3.63) is 40.4 Å². The van der Waals surface area contributed by atoms with Gasteiger partial charge in [0.15, 0.2) is 5.13 Å². The van der Waals surface area contributed by atoms with Gasteiger partial charge in [0.2, 0.25) is 0 Å². The highest BCUT2D eigenvalue weighted by molar-refractivity contribution is 7.15. The fourth-order valence-electron chi connectivity index (χ4n) is 2.30. The van der Waals surface area contributed by atoms with Gasteiger partial charge in [0.05, 0.1) is 23.7 Å². The van der Waals surface area contributed by atoms with Gasteiger partial charge in [0.1, 0.15) is 0 Å². The molecule has 0 bridgehead atoms. The minimum absolute atomic E-state index is 0.0393. The zero-order valence-corrected chi connectivity index (χ0v) is 12.3. The number of hydrogen-bond donors (Lipinski definition) is 1. The number of rotatable bonds is 2. The fraction of sp³-hybridized carbons (Fsp3) is 0.286. The van der Waals surface area contributed by atoms with Crippen molar-refractivity contribution >= 4 is 28.1 Å². The van der Waals surface area contributed by atoms with Crippen molar-refractivity contribution in [2.75, 3.05) is 24.7 Å². The molecule has 0 unspecified atom stereocenters. The summed E-state index contributed by atoms with van der Waals surface area (Å²) in [4.78, 5) is 21.7. The van der Waals surface area contributed by atoms with Gasteiger partial charge in [0, 0.05) is 25.3 Å². The van der Waals surface area contributed by atoms with Crippen LogP contribution in [0.2, 0.25) is 0 Å². The van der Waals surface area contributed by atoms with Crippen molar-refractivity contribution in [3.8, 4) is 0 Å². The lowest BCUT2D eigenvalue weighted by Crippen LogP contribution is -2.25. The van der Waals surface area contributed by atoms with E-state index in [0.717, 1.165) is 16.3 Å². The maximum Gasteiger partial charge on any atom is 0.254 e. The molecule has 1 amide bonds. The van der Waals surface area contributed by atoms with Crippen molar-refractivity contribution in [1.29, 1.82) is 0 Å². The van der Waals surface area contributed by atoms with Crippen molar-refractivity contribution in [2.45, 2.75) is 13.1 Å². The molecule has 0 atom stereocenters. The quantitative estimate of drug-likeness (QED) is 0.917. The maximum absolute atomic E-state index is 12.5. The third kappa shape index (κ3) is 2.22. The molecular formula is C14H16N4OS. The summed E-state index contributed by atoms with van der Waals surface area (Å²) in [6.07, 6.45) is 0. The van der Waals surface area contributed by atoms with Gasteiger partial charge in [-0.2, -0.15) is 0 Å². The second kappa shape index (κ2) is 4.79. The van der Waals surface area contributed by atoms with Gasteiger partial charge in [-0.15, -0.1) is 11.3 Å². The first-order valence-corrected chi connectivity index (χ1v) is 7.17. The number of nitrogens with two attached hydrogens (primary N) is 1. The number of amides is 1. The zero-order valence-electron chi connectivity index (χ0n) is 11.5. The van der Waals surface area contributed by atoms with Crippen LogP contribution in [0.4, 0.5) is 10.8 Å². The highest BCUT2D eigenvalue weighted by Gasteiger charge is 2.27. The first-order chi connectivity index (χ1) is 9.54. The van der Waals surface area contributed by atoms with Crippen molar-refractivity contribution < 1.29 is 4.79 Å². The van der Waals surface area contributed by atoms with Crippen molar-refractivity contribution in [3.63, 3.8) is 0 Å². The van der Waals surface area contributed by atoms with E-state index in [1.165, 1.54) is 11.3 Å². The molecule has 2 aromatic rings. The topological polar surface area (TPSA) is 62.5 Å². The molecule has 1 aromatic carbocycles. The molecule has 1 aromatic heterocycles. The van der Waals surface area contributed by atoms with E-state index in [0.29, 0.717) is 23.8 Å². The average molecular weight is 288 g/mol. The van der Waals surface area contributed by atoms with Gasteiger partial charge in [-0.05, 0) is 18.2 Å². The van der Waals surface area contributed by atoms with Gasteiger partial charge in [-0.1, -0.05) is 6.07 Å². The SMILES string of the molecule is CN(C)c1cccc(C(=O)N2Cc3nc(N)sc3C2)c1. The molecule has 0 radical (unpaired) electrons. The third-order valence-electron chi connectivity index (χ3n) is 3.37. The Morgan fingerprint density at radius 1 is 1.40 bits per heavy atom. The van der Waals surface area contributed by atoms with Crippen molar-refractivity contribution in [1.82, 2.24) is 9.88 Å². The smallest absolute Gasteiger partial charge is 0.254 e. The van der Waals surface area contributed by atoms with E-state index in [1.54, 1.807) is 0 Å². The minimum Gasteiger partial charge on any atom is -0.378 e. The molecule has 0 saturated heterocycles. The number of carbonyl (C=O) groups is 1. The van der Waals surface area contributed by atoms with Crippen LogP contribution >= 0.6 is 11.3 Å². The van der Waals surface area contributed by atoms with E-state index in [-0.39, 0.29) is 5.91 Å². The van der Waals surface area contributed by atoms with Crippen LogP contribution in [-0.4, -0.2) is 29.9 Å². The van der Waals surface area contributed by atoms with Crippen LogP contribution in [-0.2, 0) is 13.1 Å². The summed E-state index contributed by atoms with van der Waals surface area (Å²) in [5.41, 5.74) is 8.34. The number of thiazole rings is 1. The van der Waals surface area contributed by atoms with E-state index in [4.69, 9.17) is 5.73 Å². The normalized spacial score (nSPS) is 13.4. The molecule has 2 N–H and O–H groups in total. The number of hydrogen-bond acceptors (Lipinski definition) is 5. The summed E-state index contributed by atoms with van der Waals surface area (Å²) in [6.45, 7) is 1.16. The van der Waals surface area contributed by atoms with Crippen molar-refractivity contribution in [2.24, 2.45) is 0 Å². The summed E-state index contributed by atoms with van der Waals surface area (Å²) >= 11 is 1.47. The first-order valence-electron chi connectivity index (χ1n) is 6.35. The zero-order chi connectivity index (χ0) is 14.3. The summed E-state index contributed by atoms with van der Waals surface area (Å²) in [6, 6.07) is 7.66. The Labute approximate surface area is 121 Å². The lowest BCUT2D eigenvalue weighted by atomic mass is 10.1. The average Bonchev–Trinajstić information content (AvgIpc) is 2.95. The lowest BCUT2D eigenvalue weighted by molar-refractivity contribution is 0.0751. The monoisotopic (exact) mass is 288 g/mol. The Kier molecular flexibility index (Phi) is 3.10. The van der Waals surface area contributed by atoms with Crippen LogP contribution in [0.15, 0.2) is 24.3 Å². The number of nitrogen functional groups attached to an aromatic ring is 1. The van der Waals surface area contributed by atoms with E-state index in [9.17, 15) is 4.79 Å². The van der Waals surface area contributed by atoms with E-state index in [1.807, 2.05) is 48.2 Å². The molecule has 104 valence electrons. The number of carbonyl (C=O) groups excluding carboxylic acids is 1. The van der Waals surface area contributed by atoms with Crippen LogP contribution in [0.25, 0.3) is 0 Å². The second-order valence-corrected chi connectivity index (χ2v) is 6.14. The third-order valence-corrected chi connectivity index (χ3v) is 4.28. The number of benzene rings is 1. The van der Waals surface area contributed by atoms with Gasteiger partial charge >= 0.3 is 0 Å². The predicted octanol–water partition coefficient (Wildman–Crippen LogP) is 1.95. The summed E-state index contributed by atoms with van der Waals surface area (Å²) in [7, 11) is 3.92. The molecule has 0 fully saturated rings. The molecule has 0 spiro atoms. The Morgan fingerprint density at radius 3 is 2.90 bits per heavy atom. The highest BCUT2D eigenvalue weighted by Crippen LogP contribution is 2.30. The summed E-state index contributed by atoms with van der Waals surface area (Å²) in [5, 5.41) is 0.580. The Bertz CT molecular complexity index is 641. The standard InChI is InChI=1S/C14H16N4OS/c1-17(2)10-5-3-4-9(6-10)13(19)18-7-11-12(8-18)20-14(15)16-11/h3-6H,7-8H2,1-2H3,(H2,15,16). The van der Waals surface area contributed by atoms with Gasteiger partial charge < -0.3 is 15.5 Å². The maximum atomic E-state index is 12.5. The Morgan fingerprint density at radius 2 is 2.20 bits per heavy atom. The molecule has 2 heterocycles.